The van der Waals surface area contributed by atoms with E-state index < -0.39 is 17.7 Å². The molecule has 1 aliphatic rings. The maximum Gasteiger partial charge on any atom is 0.172 e. The average Bonchev–Trinajstić information content (AvgIpc) is 3.20. The lowest BCUT2D eigenvalue weighted by Crippen LogP contribution is -2.35. The van der Waals surface area contributed by atoms with Crippen LogP contribution in [-0.2, 0) is 0 Å². The van der Waals surface area contributed by atoms with E-state index in [4.69, 9.17) is 14.2 Å². The molecular weight excluding hydrogens is 408 g/mol. The van der Waals surface area contributed by atoms with Crippen LogP contribution in [0.1, 0.15) is 30.1 Å². The molecule has 1 N–H and O–H groups in total. The van der Waals surface area contributed by atoms with E-state index in [9.17, 15) is 18.7 Å². The fourth-order valence-electron chi connectivity index (χ4n) is 3.57. The number of halogens is 2. The van der Waals surface area contributed by atoms with Crippen molar-refractivity contribution in [3.05, 3.63) is 53.6 Å². The van der Waals surface area contributed by atoms with Gasteiger partial charge in [0.15, 0.2) is 28.9 Å². The summed E-state index contributed by atoms with van der Waals surface area (Å²) >= 11 is 0. The Balaban J connectivity index is 1.52. The summed E-state index contributed by atoms with van der Waals surface area (Å²) in [5.74, 6) is -0.886. The fraction of sp³-hybridized carbons (Fsp3) is 0.435. The fourth-order valence-corrected chi connectivity index (χ4v) is 3.57. The molecule has 2 unspecified atom stereocenters. The summed E-state index contributed by atoms with van der Waals surface area (Å²) in [4.78, 5) is 14.2. The third-order valence-electron chi connectivity index (χ3n) is 5.13. The molecule has 1 fully saturated rings. The molecular formula is C23H27F2NO5. The van der Waals surface area contributed by atoms with Crippen LogP contribution in [0.5, 0.6) is 17.2 Å². The van der Waals surface area contributed by atoms with Crippen molar-refractivity contribution in [1.82, 2.24) is 4.90 Å². The standard InChI is InChI=1S/C23H27F2NO5/c1-3-21(28)18-5-4-6-22(29-2)23(18)30-14-15(27)12-26-10-9-17(13-26)31-16-7-8-19(24)20(25)11-16/h4-8,11,15,17,27H,3,9-10,12-14H2,1-2H3. The Morgan fingerprint density at radius 3 is 2.77 bits per heavy atom. The first kappa shape index (κ1) is 23.0. The van der Waals surface area contributed by atoms with Gasteiger partial charge in [-0.15, -0.1) is 0 Å². The number of hydrogen-bond donors (Lipinski definition) is 1. The summed E-state index contributed by atoms with van der Waals surface area (Å²) in [6.07, 6.45) is 0.0606. The number of nitrogens with zero attached hydrogens (tertiary/aromatic N) is 1. The molecule has 0 radical (unpaired) electrons. The Morgan fingerprint density at radius 1 is 1.26 bits per heavy atom. The predicted octanol–water partition coefficient (Wildman–Crippen LogP) is 3.46. The Hall–Kier alpha value is -2.71. The summed E-state index contributed by atoms with van der Waals surface area (Å²) in [7, 11) is 1.50. The number of methoxy groups -OCH3 is 1. The first-order valence-electron chi connectivity index (χ1n) is 10.3. The van der Waals surface area contributed by atoms with Gasteiger partial charge in [0, 0.05) is 32.1 Å². The second-order valence-corrected chi connectivity index (χ2v) is 7.44. The molecule has 0 saturated carbocycles. The molecule has 2 atom stereocenters. The number of ether oxygens (including phenoxy) is 3. The van der Waals surface area contributed by atoms with E-state index in [1.165, 1.54) is 13.2 Å². The van der Waals surface area contributed by atoms with Gasteiger partial charge in [-0.2, -0.15) is 0 Å². The van der Waals surface area contributed by atoms with Gasteiger partial charge in [-0.25, -0.2) is 8.78 Å². The molecule has 0 spiro atoms. The van der Waals surface area contributed by atoms with Crippen LogP contribution >= 0.6 is 0 Å². The summed E-state index contributed by atoms with van der Waals surface area (Å²) in [6.45, 7) is 3.36. The molecule has 0 amide bonds. The molecule has 168 valence electrons. The number of carbonyl (C=O) groups is 1. The summed E-state index contributed by atoms with van der Waals surface area (Å²) in [5, 5.41) is 10.4. The summed E-state index contributed by atoms with van der Waals surface area (Å²) in [6, 6.07) is 8.57. The van der Waals surface area contributed by atoms with Crippen molar-refractivity contribution >= 4 is 5.78 Å². The van der Waals surface area contributed by atoms with E-state index in [1.54, 1.807) is 25.1 Å². The number of ketones is 1. The Labute approximate surface area is 180 Å². The van der Waals surface area contributed by atoms with Crippen molar-refractivity contribution in [3.8, 4) is 17.2 Å². The number of hydrogen-bond acceptors (Lipinski definition) is 6. The molecule has 6 nitrogen and oxygen atoms in total. The third-order valence-corrected chi connectivity index (χ3v) is 5.13. The number of Topliss-reactive ketones (excluding diaryl/α,β-unsaturated/α-hetero) is 1. The maximum atomic E-state index is 13.3. The molecule has 2 aromatic carbocycles. The lowest BCUT2D eigenvalue weighted by molar-refractivity contribution is 0.0699. The zero-order valence-corrected chi connectivity index (χ0v) is 17.6. The van der Waals surface area contributed by atoms with Crippen LogP contribution < -0.4 is 14.2 Å². The Bertz CT molecular complexity index is 908. The van der Waals surface area contributed by atoms with Crippen LogP contribution in [0.3, 0.4) is 0 Å². The number of β-amino-alcohol motifs (C(OH)–C–C–N with tert-alkyl or cyclic N) is 1. The number of rotatable bonds is 10. The topological polar surface area (TPSA) is 68.2 Å². The van der Waals surface area contributed by atoms with E-state index >= 15 is 0 Å². The van der Waals surface area contributed by atoms with Gasteiger partial charge in [0.2, 0.25) is 0 Å². The van der Waals surface area contributed by atoms with Crippen LogP contribution in [0.2, 0.25) is 0 Å². The van der Waals surface area contributed by atoms with Crippen molar-refractivity contribution in [2.24, 2.45) is 0 Å². The molecule has 0 bridgehead atoms. The lowest BCUT2D eigenvalue weighted by atomic mass is 10.1. The summed E-state index contributed by atoms with van der Waals surface area (Å²) < 4.78 is 43.2. The number of benzene rings is 2. The minimum atomic E-state index is -0.947. The van der Waals surface area contributed by atoms with Gasteiger partial charge in [-0.1, -0.05) is 13.0 Å². The lowest BCUT2D eigenvalue weighted by Gasteiger charge is -2.21. The van der Waals surface area contributed by atoms with Crippen molar-refractivity contribution in [2.45, 2.75) is 32.0 Å². The number of likely N-dealkylation sites (tertiary alicyclic amines) is 1. The number of aliphatic hydroxyl groups excluding tert-OH is 1. The maximum absolute atomic E-state index is 13.3. The van der Waals surface area contributed by atoms with Gasteiger partial charge in [0.05, 0.1) is 12.7 Å². The monoisotopic (exact) mass is 435 g/mol. The van der Waals surface area contributed by atoms with E-state index in [1.807, 2.05) is 4.90 Å². The van der Waals surface area contributed by atoms with Gasteiger partial charge in [-0.05, 0) is 30.7 Å². The first-order valence-corrected chi connectivity index (χ1v) is 10.3. The van der Waals surface area contributed by atoms with Crippen LogP contribution in [0, 0.1) is 11.6 Å². The van der Waals surface area contributed by atoms with Crippen molar-refractivity contribution < 1.29 is 32.9 Å². The van der Waals surface area contributed by atoms with Crippen LogP contribution in [0.4, 0.5) is 8.78 Å². The molecule has 0 aromatic heterocycles. The zero-order valence-electron chi connectivity index (χ0n) is 17.6. The quantitative estimate of drug-likeness (QED) is 0.577. The molecule has 8 heteroatoms. The van der Waals surface area contributed by atoms with E-state index in [-0.39, 0.29) is 24.2 Å². The second-order valence-electron chi connectivity index (χ2n) is 7.44. The van der Waals surface area contributed by atoms with E-state index in [0.29, 0.717) is 49.5 Å². The highest BCUT2D eigenvalue weighted by Crippen LogP contribution is 2.32. The first-order chi connectivity index (χ1) is 14.9. The minimum absolute atomic E-state index is 0.00440. The van der Waals surface area contributed by atoms with Gasteiger partial charge in [-0.3, -0.25) is 9.69 Å². The van der Waals surface area contributed by atoms with Crippen molar-refractivity contribution in [2.75, 3.05) is 33.4 Å². The Kier molecular flexibility index (Phi) is 7.81. The van der Waals surface area contributed by atoms with Crippen molar-refractivity contribution in [1.29, 1.82) is 0 Å². The average molecular weight is 435 g/mol. The van der Waals surface area contributed by atoms with Gasteiger partial charge in [0.1, 0.15) is 24.6 Å². The third kappa shape index (κ3) is 5.92. The molecule has 1 heterocycles. The molecule has 2 aromatic rings. The highest BCUT2D eigenvalue weighted by Gasteiger charge is 2.26. The summed E-state index contributed by atoms with van der Waals surface area (Å²) in [5.41, 5.74) is 0.426. The largest absolute Gasteiger partial charge is 0.493 e. The van der Waals surface area contributed by atoms with E-state index in [2.05, 4.69) is 0 Å². The van der Waals surface area contributed by atoms with E-state index in [0.717, 1.165) is 12.1 Å². The van der Waals surface area contributed by atoms with Crippen LogP contribution in [0.15, 0.2) is 36.4 Å². The second kappa shape index (κ2) is 10.5. The minimum Gasteiger partial charge on any atom is -0.493 e. The van der Waals surface area contributed by atoms with Crippen molar-refractivity contribution in [3.63, 3.8) is 0 Å². The smallest absolute Gasteiger partial charge is 0.172 e. The van der Waals surface area contributed by atoms with Gasteiger partial charge in [0.25, 0.3) is 0 Å². The van der Waals surface area contributed by atoms with Gasteiger partial charge >= 0.3 is 0 Å². The molecule has 1 saturated heterocycles. The molecule has 0 aliphatic carbocycles. The highest BCUT2D eigenvalue weighted by atomic mass is 19.2. The number of para-hydroxylation sites is 1. The van der Waals surface area contributed by atoms with Crippen LogP contribution in [0.25, 0.3) is 0 Å². The number of carbonyl (C=O) groups excluding carboxylic acids is 1. The Morgan fingerprint density at radius 2 is 2.06 bits per heavy atom. The molecule has 3 rings (SSSR count). The van der Waals surface area contributed by atoms with Gasteiger partial charge < -0.3 is 19.3 Å². The normalized spacial score (nSPS) is 17.4. The number of aliphatic hydroxyl groups is 1. The van der Waals surface area contributed by atoms with Crippen LogP contribution in [-0.4, -0.2) is 61.3 Å². The predicted molar refractivity (Wildman–Crippen MR) is 111 cm³/mol. The highest BCUT2D eigenvalue weighted by molar-refractivity contribution is 5.99. The SMILES string of the molecule is CCC(=O)c1cccc(OC)c1OCC(O)CN1CCC(Oc2ccc(F)c(F)c2)C1. The molecule has 1 aliphatic heterocycles. The molecule has 31 heavy (non-hydrogen) atoms. The zero-order chi connectivity index (χ0) is 22.4.